The van der Waals surface area contributed by atoms with Crippen LogP contribution in [0.15, 0.2) is 18.2 Å². The fourth-order valence-electron chi connectivity index (χ4n) is 1.69. The second-order valence-corrected chi connectivity index (χ2v) is 3.63. The molecule has 2 atom stereocenters. The third kappa shape index (κ3) is 2.14. The molecule has 1 aliphatic heterocycles. The van der Waals surface area contributed by atoms with Gasteiger partial charge in [-0.05, 0) is 24.1 Å². The molecule has 1 saturated heterocycles. The molecular formula is C10H12F2N2O. The van der Waals surface area contributed by atoms with Crippen LogP contribution in [-0.4, -0.2) is 17.8 Å². The molecule has 3 nitrogen and oxygen atoms in total. The first-order chi connectivity index (χ1) is 7.20. The van der Waals surface area contributed by atoms with Crippen molar-refractivity contribution in [3.63, 3.8) is 0 Å². The van der Waals surface area contributed by atoms with Crippen LogP contribution in [0.4, 0.5) is 8.78 Å². The second-order valence-electron chi connectivity index (χ2n) is 3.63. The fourth-order valence-corrected chi connectivity index (χ4v) is 1.69. The highest BCUT2D eigenvalue weighted by Crippen LogP contribution is 2.23. The molecule has 1 fully saturated rings. The quantitative estimate of drug-likeness (QED) is 0.684. The number of nitrogens with one attached hydrogen (secondary N) is 2. The molecule has 1 heterocycles. The normalized spacial score (nSPS) is 25.8. The third-order valence-electron chi connectivity index (χ3n) is 2.55. The predicted molar refractivity (Wildman–Crippen MR) is 50.9 cm³/mol. The lowest BCUT2D eigenvalue weighted by molar-refractivity contribution is 0.251. The monoisotopic (exact) mass is 214 g/mol. The van der Waals surface area contributed by atoms with E-state index in [1.54, 1.807) is 0 Å². The smallest absolute Gasteiger partial charge is 0.159 e. The Hall–Kier alpha value is -1.04. The van der Waals surface area contributed by atoms with Crippen molar-refractivity contribution < 1.29 is 13.9 Å². The van der Waals surface area contributed by atoms with Crippen LogP contribution in [0.5, 0.6) is 0 Å². The van der Waals surface area contributed by atoms with Gasteiger partial charge in [-0.3, -0.25) is 5.43 Å². The molecule has 0 spiro atoms. The number of hydrogen-bond acceptors (Lipinski definition) is 3. The van der Waals surface area contributed by atoms with Gasteiger partial charge in [-0.1, -0.05) is 6.07 Å². The zero-order valence-corrected chi connectivity index (χ0v) is 8.00. The number of aliphatic hydroxyl groups excluding tert-OH is 1. The van der Waals surface area contributed by atoms with E-state index in [4.69, 9.17) is 5.11 Å². The number of hydrazine groups is 1. The first-order valence-electron chi connectivity index (χ1n) is 4.77. The van der Waals surface area contributed by atoms with Crippen LogP contribution in [0, 0.1) is 11.6 Å². The standard InChI is InChI=1S/C10H12F2N2O/c11-8-2-1-6(3-9(8)12)10-4-7(5-15)13-14-10/h1-3,7,10,13-15H,4-5H2. The topological polar surface area (TPSA) is 44.3 Å². The molecular weight excluding hydrogens is 202 g/mol. The fraction of sp³-hybridized carbons (Fsp3) is 0.400. The van der Waals surface area contributed by atoms with Gasteiger partial charge in [-0.2, -0.15) is 0 Å². The van der Waals surface area contributed by atoms with Crippen molar-refractivity contribution >= 4 is 0 Å². The van der Waals surface area contributed by atoms with E-state index in [0.29, 0.717) is 12.0 Å². The molecule has 1 aliphatic rings. The summed E-state index contributed by atoms with van der Waals surface area (Å²) in [7, 11) is 0. The van der Waals surface area contributed by atoms with Gasteiger partial charge in [-0.25, -0.2) is 14.2 Å². The number of benzene rings is 1. The van der Waals surface area contributed by atoms with Gasteiger partial charge >= 0.3 is 0 Å². The van der Waals surface area contributed by atoms with Crippen LogP contribution in [0.3, 0.4) is 0 Å². The molecule has 0 amide bonds. The summed E-state index contributed by atoms with van der Waals surface area (Å²) in [6, 6.07) is 3.70. The van der Waals surface area contributed by atoms with Gasteiger partial charge in [-0.15, -0.1) is 0 Å². The van der Waals surface area contributed by atoms with Crippen molar-refractivity contribution in [1.29, 1.82) is 0 Å². The Labute approximate surface area is 86.1 Å². The Morgan fingerprint density at radius 2 is 2.07 bits per heavy atom. The molecule has 0 aliphatic carbocycles. The average molecular weight is 214 g/mol. The Morgan fingerprint density at radius 1 is 1.27 bits per heavy atom. The summed E-state index contributed by atoms with van der Waals surface area (Å²) >= 11 is 0. The van der Waals surface area contributed by atoms with E-state index in [2.05, 4.69) is 10.9 Å². The van der Waals surface area contributed by atoms with Crippen LogP contribution in [-0.2, 0) is 0 Å². The first-order valence-corrected chi connectivity index (χ1v) is 4.77. The van der Waals surface area contributed by atoms with E-state index < -0.39 is 11.6 Å². The van der Waals surface area contributed by atoms with Crippen LogP contribution >= 0.6 is 0 Å². The summed E-state index contributed by atoms with van der Waals surface area (Å²) in [4.78, 5) is 0. The maximum atomic E-state index is 12.9. The summed E-state index contributed by atoms with van der Waals surface area (Å²) in [5, 5.41) is 8.89. The molecule has 0 bridgehead atoms. The van der Waals surface area contributed by atoms with Gasteiger partial charge in [0.25, 0.3) is 0 Å². The van der Waals surface area contributed by atoms with E-state index >= 15 is 0 Å². The molecule has 15 heavy (non-hydrogen) atoms. The molecule has 2 rings (SSSR count). The lowest BCUT2D eigenvalue weighted by Crippen LogP contribution is -2.32. The Kier molecular flexibility index (Phi) is 2.95. The lowest BCUT2D eigenvalue weighted by atomic mass is 10.0. The summed E-state index contributed by atoms with van der Waals surface area (Å²) in [6.07, 6.45) is 0.654. The van der Waals surface area contributed by atoms with Crippen LogP contribution < -0.4 is 10.9 Å². The highest BCUT2D eigenvalue weighted by atomic mass is 19.2. The number of hydrogen-bond donors (Lipinski definition) is 3. The van der Waals surface area contributed by atoms with Gasteiger partial charge in [0.2, 0.25) is 0 Å². The SMILES string of the molecule is OCC1CC(c2ccc(F)c(F)c2)NN1. The molecule has 1 aromatic rings. The Bertz CT molecular complexity index is 359. The summed E-state index contributed by atoms with van der Waals surface area (Å²) in [5.74, 6) is -1.69. The van der Waals surface area contributed by atoms with Gasteiger partial charge in [0, 0.05) is 12.1 Å². The largest absolute Gasteiger partial charge is 0.395 e. The van der Waals surface area contributed by atoms with Crippen LogP contribution in [0.25, 0.3) is 0 Å². The van der Waals surface area contributed by atoms with Crippen molar-refractivity contribution in [2.75, 3.05) is 6.61 Å². The highest BCUT2D eigenvalue weighted by Gasteiger charge is 2.24. The number of rotatable bonds is 2. The predicted octanol–water partition coefficient (Wildman–Crippen LogP) is 0.865. The zero-order chi connectivity index (χ0) is 10.8. The minimum Gasteiger partial charge on any atom is -0.395 e. The maximum absolute atomic E-state index is 12.9. The molecule has 2 unspecified atom stereocenters. The first kappa shape index (κ1) is 10.5. The van der Waals surface area contributed by atoms with Gasteiger partial charge < -0.3 is 5.11 Å². The molecule has 0 aromatic heterocycles. The van der Waals surface area contributed by atoms with E-state index in [9.17, 15) is 8.78 Å². The summed E-state index contributed by atoms with van der Waals surface area (Å²) < 4.78 is 25.6. The molecule has 5 heteroatoms. The van der Waals surface area contributed by atoms with Gasteiger partial charge in [0.15, 0.2) is 11.6 Å². The summed E-state index contributed by atoms with van der Waals surface area (Å²) in [5.41, 5.74) is 6.47. The second kappa shape index (κ2) is 4.22. The van der Waals surface area contributed by atoms with Crippen LogP contribution in [0.2, 0.25) is 0 Å². The minimum absolute atomic E-state index is 0.0210. The Morgan fingerprint density at radius 3 is 2.67 bits per heavy atom. The summed E-state index contributed by atoms with van der Waals surface area (Å²) in [6.45, 7) is 0.0210. The number of aliphatic hydroxyl groups is 1. The van der Waals surface area contributed by atoms with Crippen molar-refractivity contribution in [3.05, 3.63) is 35.4 Å². The van der Waals surface area contributed by atoms with E-state index in [1.165, 1.54) is 12.1 Å². The minimum atomic E-state index is -0.846. The van der Waals surface area contributed by atoms with Crippen molar-refractivity contribution in [2.24, 2.45) is 0 Å². The van der Waals surface area contributed by atoms with Crippen molar-refractivity contribution in [2.45, 2.75) is 18.5 Å². The third-order valence-corrected chi connectivity index (χ3v) is 2.55. The maximum Gasteiger partial charge on any atom is 0.159 e. The van der Waals surface area contributed by atoms with E-state index in [1.807, 2.05) is 0 Å². The van der Waals surface area contributed by atoms with E-state index in [0.717, 1.165) is 6.07 Å². The van der Waals surface area contributed by atoms with Crippen LogP contribution in [0.1, 0.15) is 18.0 Å². The molecule has 0 radical (unpaired) electrons. The van der Waals surface area contributed by atoms with Crippen molar-refractivity contribution in [1.82, 2.24) is 10.9 Å². The molecule has 3 N–H and O–H groups in total. The van der Waals surface area contributed by atoms with Crippen molar-refractivity contribution in [3.8, 4) is 0 Å². The molecule has 0 saturated carbocycles. The van der Waals surface area contributed by atoms with Gasteiger partial charge in [0.05, 0.1) is 6.61 Å². The zero-order valence-electron chi connectivity index (χ0n) is 8.00. The highest BCUT2D eigenvalue weighted by molar-refractivity contribution is 5.22. The van der Waals surface area contributed by atoms with E-state index in [-0.39, 0.29) is 18.7 Å². The van der Waals surface area contributed by atoms with Gasteiger partial charge in [0.1, 0.15) is 0 Å². The Balaban J connectivity index is 2.13. The molecule has 1 aromatic carbocycles. The molecule has 82 valence electrons. The average Bonchev–Trinajstić information content (AvgIpc) is 2.70. The number of halogens is 2. The lowest BCUT2D eigenvalue weighted by Gasteiger charge is -2.09.